The van der Waals surface area contributed by atoms with E-state index in [0.29, 0.717) is 17.8 Å². The Labute approximate surface area is 125 Å². The highest BCUT2D eigenvalue weighted by Gasteiger charge is 2.34. The number of carboxylic acid groups (broad SMARTS) is 1. The van der Waals surface area contributed by atoms with Crippen LogP contribution in [0.2, 0.25) is 0 Å². The highest BCUT2D eigenvalue weighted by Crippen LogP contribution is 2.26. The van der Waals surface area contributed by atoms with Gasteiger partial charge in [-0.1, -0.05) is 0 Å². The summed E-state index contributed by atoms with van der Waals surface area (Å²) in [4.78, 5) is 25.4. The van der Waals surface area contributed by atoms with E-state index in [4.69, 9.17) is 5.11 Å². The number of benzene rings is 1. The minimum atomic E-state index is -0.971. The minimum Gasteiger partial charge on any atom is -0.478 e. The zero-order valence-corrected chi connectivity index (χ0v) is 12.7. The van der Waals surface area contributed by atoms with Gasteiger partial charge in [0.2, 0.25) is 5.91 Å². The molecule has 2 rings (SSSR count). The van der Waals surface area contributed by atoms with Crippen LogP contribution in [0.4, 0.5) is 5.69 Å². The molecule has 5 heteroatoms. The zero-order valence-electron chi connectivity index (χ0n) is 12.7. The Balaban J connectivity index is 2.02. The van der Waals surface area contributed by atoms with Crippen LogP contribution in [0.25, 0.3) is 0 Å². The topological polar surface area (TPSA) is 69.6 Å². The highest BCUT2D eigenvalue weighted by molar-refractivity contribution is 5.95. The van der Waals surface area contributed by atoms with Crippen LogP contribution in [-0.4, -0.2) is 40.0 Å². The third-order valence-corrected chi connectivity index (χ3v) is 4.25. The Morgan fingerprint density at radius 3 is 2.19 bits per heavy atom. The number of carbonyl (C=O) groups is 2. The molecule has 1 aliphatic rings. The molecule has 1 aromatic rings. The average Bonchev–Trinajstić information content (AvgIpc) is 2.78. The number of nitrogens with one attached hydrogen (secondary N) is 1. The van der Waals surface area contributed by atoms with Gasteiger partial charge in [-0.15, -0.1) is 0 Å². The van der Waals surface area contributed by atoms with Gasteiger partial charge in [-0.2, -0.15) is 0 Å². The lowest BCUT2D eigenvalue weighted by molar-refractivity contribution is -0.121. The summed E-state index contributed by atoms with van der Waals surface area (Å²) >= 11 is 0. The predicted octanol–water partition coefficient (Wildman–Crippen LogP) is 2.58. The van der Waals surface area contributed by atoms with Gasteiger partial charge in [0.25, 0.3) is 0 Å². The summed E-state index contributed by atoms with van der Waals surface area (Å²) in [5.74, 6) is -1.03. The van der Waals surface area contributed by atoms with Crippen molar-refractivity contribution >= 4 is 17.6 Å². The molecule has 0 spiro atoms. The van der Waals surface area contributed by atoms with Crippen molar-refractivity contribution in [3.8, 4) is 0 Å². The quantitative estimate of drug-likeness (QED) is 0.894. The maximum atomic E-state index is 12.3. The molecule has 1 aromatic carbocycles. The van der Waals surface area contributed by atoms with Crippen LogP contribution in [0, 0.1) is 0 Å². The number of hydrogen-bond acceptors (Lipinski definition) is 3. The number of amides is 1. The van der Waals surface area contributed by atoms with Gasteiger partial charge in [0.15, 0.2) is 0 Å². The molecule has 0 bridgehead atoms. The van der Waals surface area contributed by atoms with Gasteiger partial charge < -0.3 is 10.4 Å². The molecule has 3 atom stereocenters. The third kappa shape index (κ3) is 3.42. The average molecular weight is 290 g/mol. The van der Waals surface area contributed by atoms with E-state index in [1.807, 2.05) is 6.92 Å². The lowest BCUT2D eigenvalue weighted by Gasteiger charge is -2.31. The first-order valence-electron chi connectivity index (χ1n) is 7.32. The summed E-state index contributed by atoms with van der Waals surface area (Å²) in [6.45, 7) is 6.21. The van der Waals surface area contributed by atoms with E-state index in [1.54, 1.807) is 12.1 Å². The summed E-state index contributed by atoms with van der Waals surface area (Å²) in [5.41, 5.74) is 0.833. The van der Waals surface area contributed by atoms with Crippen LogP contribution in [0.15, 0.2) is 24.3 Å². The number of likely N-dealkylation sites (tertiary alicyclic amines) is 1. The van der Waals surface area contributed by atoms with Crippen LogP contribution in [0.5, 0.6) is 0 Å². The van der Waals surface area contributed by atoms with Crippen molar-refractivity contribution in [2.24, 2.45) is 0 Å². The first kappa shape index (κ1) is 15.5. The molecule has 1 amide bonds. The van der Waals surface area contributed by atoms with Crippen LogP contribution in [0.1, 0.15) is 44.0 Å². The van der Waals surface area contributed by atoms with Gasteiger partial charge in [0.1, 0.15) is 0 Å². The molecule has 114 valence electrons. The summed E-state index contributed by atoms with van der Waals surface area (Å²) in [6, 6.07) is 6.84. The van der Waals surface area contributed by atoms with Gasteiger partial charge in [0.05, 0.1) is 11.6 Å². The summed E-state index contributed by atoms with van der Waals surface area (Å²) < 4.78 is 0. The monoisotopic (exact) mass is 290 g/mol. The van der Waals surface area contributed by atoms with Crippen molar-refractivity contribution < 1.29 is 14.7 Å². The van der Waals surface area contributed by atoms with Gasteiger partial charge in [0, 0.05) is 17.8 Å². The van der Waals surface area contributed by atoms with E-state index < -0.39 is 5.97 Å². The lowest BCUT2D eigenvalue weighted by atomic mass is 10.1. The highest BCUT2D eigenvalue weighted by atomic mass is 16.4. The number of hydrogen-bond donors (Lipinski definition) is 2. The molecule has 0 radical (unpaired) electrons. The molecule has 0 aromatic heterocycles. The van der Waals surface area contributed by atoms with E-state index in [-0.39, 0.29) is 17.5 Å². The molecule has 3 unspecified atom stereocenters. The number of anilines is 1. The molecule has 21 heavy (non-hydrogen) atoms. The summed E-state index contributed by atoms with van der Waals surface area (Å²) in [7, 11) is 0. The van der Waals surface area contributed by atoms with Crippen molar-refractivity contribution in [1.29, 1.82) is 0 Å². The maximum Gasteiger partial charge on any atom is 0.335 e. The first-order chi connectivity index (χ1) is 9.90. The second kappa shape index (κ2) is 6.26. The molecule has 1 fully saturated rings. The number of rotatable bonds is 4. The zero-order chi connectivity index (χ0) is 15.6. The molecular weight excluding hydrogens is 268 g/mol. The smallest absolute Gasteiger partial charge is 0.335 e. The SMILES string of the molecule is CC1CCC(C)N1C(C)C(=O)Nc1ccc(C(=O)O)cc1. The maximum absolute atomic E-state index is 12.3. The van der Waals surface area contributed by atoms with Crippen molar-refractivity contribution in [3.05, 3.63) is 29.8 Å². The number of carboxylic acids is 1. The van der Waals surface area contributed by atoms with Crippen molar-refractivity contribution in [2.75, 3.05) is 5.32 Å². The van der Waals surface area contributed by atoms with E-state index in [0.717, 1.165) is 12.8 Å². The molecular formula is C16H22N2O3. The molecule has 1 heterocycles. The van der Waals surface area contributed by atoms with E-state index in [1.165, 1.54) is 12.1 Å². The second-order valence-electron chi connectivity index (χ2n) is 5.77. The van der Waals surface area contributed by atoms with Crippen molar-refractivity contribution in [2.45, 2.75) is 51.7 Å². The Morgan fingerprint density at radius 2 is 1.71 bits per heavy atom. The molecule has 0 saturated carbocycles. The van der Waals surface area contributed by atoms with Gasteiger partial charge in [-0.25, -0.2) is 4.79 Å². The van der Waals surface area contributed by atoms with Crippen LogP contribution in [-0.2, 0) is 4.79 Å². The number of aromatic carboxylic acids is 1. The standard InChI is InChI=1S/C16H22N2O3/c1-10-4-5-11(2)18(10)12(3)15(19)17-14-8-6-13(7-9-14)16(20)21/h6-12H,4-5H2,1-3H3,(H,17,19)(H,20,21). The second-order valence-corrected chi connectivity index (χ2v) is 5.77. The number of nitrogens with zero attached hydrogens (tertiary/aromatic N) is 1. The third-order valence-electron chi connectivity index (χ3n) is 4.25. The summed E-state index contributed by atoms with van der Waals surface area (Å²) in [6.07, 6.45) is 2.23. The van der Waals surface area contributed by atoms with Crippen LogP contribution < -0.4 is 5.32 Å². The fourth-order valence-corrected chi connectivity index (χ4v) is 3.06. The molecule has 5 nitrogen and oxygen atoms in total. The first-order valence-corrected chi connectivity index (χ1v) is 7.32. The van der Waals surface area contributed by atoms with Crippen LogP contribution >= 0.6 is 0 Å². The molecule has 2 N–H and O–H groups in total. The predicted molar refractivity (Wildman–Crippen MR) is 81.5 cm³/mol. The van der Waals surface area contributed by atoms with E-state index in [9.17, 15) is 9.59 Å². The lowest BCUT2D eigenvalue weighted by Crippen LogP contribution is -2.46. The molecule has 0 aliphatic carbocycles. The molecule has 1 saturated heterocycles. The summed E-state index contributed by atoms with van der Waals surface area (Å²) in [5, 5.41) is 11.7. The fraction of sp³-hybridized carbons (Fsp3) is 0.500. The van der Waals surface area contributed by atoms with Gasteiger partial charge in [-0.05, 0) is 57.9 Å². The normalized spacial score (nSPS) is 23.8. The number of carbonyl (C=O) groups excluding carboxylic acids is 1. The largest absolute Gasteiger partial charge is 0.478 e. The fourth-order valence-electron chi connectivity index (χ4n) is 3.06. The van der Waals surface area contributed by atoms with Crippen molar-refractivity contribution in [1.82, 2.24) is 4.90 Å². The van der Waals surface area contributed by atoms with E-state index >= 15 is 0 Å². The Kier molecular flexibility index (Phi) is 4.63. The Morgan fingerprint density at radius 1 is 1.19 bits per heavy atom. The Bertz CT molecular complexity index is 517. The Hall–Kier alpha value is -1.88. The van der Waals surface area contributed by atoms with Gasteiger partial charge in [-0.3, -0.25) is 9.69 Å². The van der Waals surface area contributed by atoms with Crippen molar-refractivity contribution in [3.63, 3.8) is 0 Å². The van der Waals surface area contributed by atoms with Gasteiger partial charge >= 0.3 is 5.97 Å². The molecule has 1 aliphatic heterocycles. The van der Waals surface area contributed by atoms with E-state index in [2.05, 4.69) is 24.1 Å². The minimum absolute atomic E-state index is 0.0568. The van der Waals surface area contributed by atoms with Crippen LogP contribution in [0.3, 0.4) is 0 Å².